The second-order valence-electron chi connectivity index (χ2n) is 4.86. The highest BCUT2D eigenvalue weighted by Crippen LogP contribution is 2.25. The molecule has 1 amide bonds. The zero-order valence-electron chi connectivity index (χ0n) is 13.1. The molecule has 0 saturated carbocycles. The number of rotatable bonds is 5. The Hall–Kier alpha value is -3.11. The Labute approximate surface area is 152 Å². The average Bonchev–Trinajstić information content (AvgIpc) is 2.60. The van der Waals surface area contributed by atoms with Crippen LogP contribution in [0, 0.1) is 11.3 Å². The number of carbonyl (C=O) groups excluding carboxylic acids is 1. The van der Waals surface area contributed by atoms with E-state index in [1.807, 2.05) is 6.07 Å². The lowest BCUT2D eigenvalue weighted by Crippen LogP contribution is -2.16. The van der Waals surface area contributed by atoms with Crippen LogP contribution in [0.1, 0.15) is 15.9 Å². The molecule has 7 heteroatoms. The molecule has 0 aliphatic heterocycles. The number of methoxy groups -OCH3 is 1. The summed E-state index contributed by atoms with van der Waals surface area (Å²) in [6.07, 6.45) is 1.38. The molecule has 2 N–H and O–H groups in total. The predicted molar refractivity (Wildman–Crippen MR) is 96.3 cm³/mol. The number of nitriles is 1. The molecular formula is C18H13BrN2O4. The summed E-state index contributed by atoms with van der Waals surface area (Å²) in [5.41, 5.74) is 0.405. The maximum atomic E-state index is 12.4. The number of hydrogen-bond donors (Lipinski definition) is 2. The largest absolute Gasteiger partial charge is 0.496 e. The quantitative estimate of drug-likeness (QED) is 0.588. The summed E-state index contributed by atoms with van der Waals surface area (Å²) in [5.74, 6) is -1.39. The predicted octanol–water partition coefficient (Wildman–Crippen LogP) is 3.70. The number of amides is 1. The first kappa shape index (κ1) is 18.2. The minimum absolute atomic E-state index is 0.0619. The van der Waals surface area contributed by atoms with Gasteiger partial charge in [-0.1, -0.05) is 28.1 Å². The van der Waals surface area contributed by atoms with Crippen molar-refractivity contribution in [2.45, 2.75) is 0 Å². The van der Waals surface area contributed by atoms with Crippen molar-refractivity contribution < 1.29 is 19.4 Å². The van der Waals surface area contributed by atoms with Gasteiger partial charge in [0.25, 0.3) is 5.91 Å². The highest BCUT2D eigenvalue weighted by atomic mass is 79.9. The van der Waals surface area contributed by atoms with E-state index in [-0.39, 0.29) is 16.8 Å². The molecule has 126 valence electrons. The lowest BCUT2D eigenvalue weighted by Gasteiger charge is -2.09. The van der Waals surface area contributed by atoms with Crippen LogP contribution in [0.4, 0.5) is 5.69 Å². The van der Waals surface area contributed by atoms with Gasteiger partial charge >= 0.3 is 5.97 Å². The number of aromatic carboxylic acids is 1. The second kappa shape index (κ2) is 8.13. The van der Waals surface area contributed by atoms with Crippen molar-refractivity contribution in [2.75, 3.05) is 12.4 Å². The van der Waals surface area contributed by atoms with Crippen molar-refractivity contribution in [1.82, 2.24) is 0 Å². The Morgan fingerprint density at radius 1 is 1.28 bits per heavy atom. The molecule has 0 heterocycles. The van der Waals surface area contributed by atoms with Crippen molar-refractivity contribution >= 4 is 39.6 Å². The Balaban J connectivity index is 2.36. The maximum absolute atomic E-state index is 12.4. The Morgan fingerprint density at radius 2 is 2.00 bits per heavy atom. The van der Waals surface area contributed by atoms with Crippen LogP contribution in [0.3, 0.4) is 0 Å². The van der Waals surface area contributed by atoms with Gasteiger partial charge in [-0.3, -0.25) is 4.79 Å². The fourth-order valence-electron chi connectivity index (χ4n) is 2.09. The number of ether oxygens (including phenoxy) is 1. The number of carboxylic acids is 1. The van der Waals surface area contributed by atoms with Crippen molar-refractivity contribution in [3.63, 3.8) is 0 Å². The van der Waals surface area contributed by atoms with Gasteiger partial charge in [-0.05, 0) is 36.4 Å². The van der Waals surface area contributed by atoms with Crippen LogP contribution >= 0.6 is 15.9 Å². The molecule has 0 bridgehead atoms. The number of hydrogen-bond acceptors (Lipinski definition) is 4. The Bertz CT molecular complexity index is 900. The maximum Gasteiger partial charge on any atom is 0.337 e. The zero-order chi connectivity index (χ0) is 18.4. The number of para-hydroxylation sites is 1. The molecule has 0 aliphatic rings. The first-order valence-electron chi connectivity index (χ1n) is 7.05. The normalized spacial score (nSPS) is 10.7. The van der Waals surface area contributed by atoms with E-state index in [1.54, 1.807) is 30.3 Å². The van der Waals surface area contributed by atoms with Gasteiger partial charge in [0.15, 0.2) is 0 Å². The third kappa shape index (κ3) is 4.46. The lowest BCUT2D eigenvalue weighted by molar-refractivity contribution is -0.112. The van der Waals surface area contributed by atoms with Gasteiger partial charge in [-0.25, -0.2) is 4.79 Å². The van der Waals surface area contributed by atoms with Gasteiger partial charge in [0.05, 0.1) is 18.4 Å². The number of carbonyl (C=O) groups is 2. The number of carboxylic acid groups (broad SMARTS) is 1. The molecule has 0 saturated heterocycles. The van der Waals surface area contributed by atoms with Crippen LogP contribution in [-0.2, 0) is 4.79 Å². The van der Waals surface area contributed by atoms with Crippen molar-refractivity contribution in [3.05, 3.63) is 63.6 Å². The van der Waals surface area contributed by atoms with Crippen molar-refractivity contribution in [2.24, 2.45) is 0 Å². The van der Waals surface area contributed by atoms with Gasteiger partial charge in [0, 0.05) is 10.0 Å². The molecule has 6 nitrogen and oxygen atoms in total. The van der Waals surface area contributed by atoms with E-state index in [1.165, 1.54) is 25.3 Å². The molecule has 0 radical (unpaired) electrons. The summed E-state index contributed by atoms with van der Waals surface area (Å²) in [4.78, 5) is 23.6. The monoisotopic (exact) mass is 400 g/mol. The van der Waals surface area contributed by atoms with E-state index in [0.717, 1.165) is 4.47 Å². The number of nitrogens with zero attached hydrogens (tertiary/aromatic N) is 1. The molecule has 2 rings (SSSR count). The third-order valence-corrected chi connectivity index (χ3v) is 3.76. The van der Waals surface area contributed by atoms with Crippen LogP contribution in [-0.4, -0.2) is 24.1 Å². The van der Waals surface area contributed by atoms with Crippen LogP contribution in [0.15, 0.2) is 52.5 Å². The molecule has 0 aliphatic carbocycles. The molecule has 25 heavy (non-hydrogen) atoms. The van der Waals surface area contributed by atoms with Crippen molar-refractivity contribution in [1.29, 1.82) is 5.26 Å². The molecular weight excluding hydrogens is 388 g/mol. The van der Waals surface area contributed by atoms with Gasteiger partial charge < -0.3 is 15.2 Å². The molecule has 2 aromatic rings. The fraction of sp³-hybridized carbons (Fsp3) is 0.0556. The van der Waals surface area contributed by atoms with Crippen LogP contribution < -0.4 is 10.1 Å². The minimum Gasteiger partial charge on any atom is -0.496 e. The minimum atomic E-state index is -1.17. The number of benzene rings is 2. The molecule has 0 fully saturated rings. The summed E-state index contributed by atoms with van der Waals surface area (Å²) in [6, 6.07) is 13.0. The van der Waals surface area contributed by atoms with Crippen LogP contribution in [0.25, 0.3) is 6.08 Å². The molecule has 0 unspecified atom stereocenters. The summed E-state index contributed by atoms with van der Waals surface area (Å²) >= 11 is 3.32. The summed E-state index contributed by atoms with van der Waals surface area (Å²) < 4.78 is 5.97. The Morgan fingerprint density at radius 3 is 2.64 bits per heavy atom. The van der Waals surface area contributed by atoms with E-state index in [0.29, 0.717) is 11.3 Å². The summed E-state index contributed by atoms with van der Waals surface area (Å²) in [5, 5.41) is 20.9. The van der Waals surface area contributed by atoms with E-state index in [4.69, 9.17) is 9.84 Å². The van der Waals surface area contributed by atoms with Crippen molar-refractivity contribution in [3.8, 4) is 11.8 Å². The standard InChI is InChI=1S/C18H13BrN2O4/c1-25-16-7-6-13(19)9-11(16)8-12(10-20)17(22)21-15-5-3-2-4-14(15)18(23)24/h2-9H,1H3,(H,21,22)(H,23,24). The van der Waals surface area contributed by atoms with Gasteiger partial charge in [-0.15, -0.1) is 0 Å². The zero-order valence-corrected chi connectivity index (χ0v) is 14.7. The molecule has 0 atom stereocenters. The van der Waals surface area contributed by atoms with E-state index in [2.05, 4.69) is 21.2 Å². The van der Waals surface area contributed by atoms with Crippen LogP contribution in [0.5, 0.6) is 5.75 Å². The average molecular weight is 401 g/mol. The number of halogens is 1. The number of anilines is 1. The first-order chi connectivity index (χ1) is 12.0. The SMILES string of the molecule is COc1ccc(Br)cc1C=C(C#N)C(=O)Nc1ccccc1C(=O)O. The first-order valence-corrected chi connectivity index (χ1v) is 7.84. The highest BCUT2D eigenvalue weighted by molar-refractivity contribution is 9.10. The van der Waals surface area contributed by atoms with E-state index in [9.17, 15) is 14.9 Å². The molecule has 2 aromatic carbocycles. The molecule has 0 spiro atoms. The van der Waals surface area contributed by atoms with Gasteiger partial charge in [-0.2, -0.15) is 5.26 Å². The third-order valence-electron chi connectivity index (χ3n) is 3.26. The fourth-order valence-corrected chi connectivity index (χ4v) is 2.47. The lowest BCUT2D eigenvalue weighted by atomic mass is 10.1. The van der Waals surface area contributed by atoms with E-state index >= 15 is 0 Å². The van der Waals surface area contributed by atoms with E-state index < -0.39 is 11.9 Å². The van der Waals surface area contributed by atoms with Gasteiger partial charge in [0.1, 0.15) is 17.4 Å². The van der Waals surface area contributed by atoms with Gasteiger partial charge in [0.2, 0.25) is 0 Å². The number of nitrogens with one attached hydrogen (secondary N) is 1. The summed E-state index contributed by atoms with van der Waals surface area (Å²) in [6.45, 7) is 0. The highest BCUT2D eigenvalue weighted by Gasteiger charge is 2.15. The second-order valence-corrected chi connectivity index (χ2v) is 5.78. The molecule has 0 aromatic heterocycles. The van der Waals surface area contributed by atoms with Crippen LogP contribution in [0.2, 0.25) is 0 Å². The topological polar surface area (TPSA) is 99.4 Å². The smallest absolute Gasteiger partial charge is 0.337 e. The Kier molecular flexibility index (Phi) is 5.93. The summed E-state index contributed by atoms with van der Waals surface area (Å²) in [7, 11) is 1.48.